The lowest BCUT2D eigenvalue weighted by Crippen LogP contribution is -2.20. The fourth-order valence-corrected chi connectivity index (χ4v) is 2.44. The first-order chi connectivity index (χ1) is 12.4. The van der Waals surface area contributed by atoms with Crippen molar-refractivity contribution in [3.05, 3.63) is 69.3 Å². The first-order valence-corrected chi connectivity index (χ1v) is 8.07. The maximum absolute atomic E-state index is 12.0. The number of nitro groups is 1. The molecule has 0 amide bonds. The average Bonchev–Trinajstić information content (AvgIpc) is 2.62. The number of carbonyl (C=O) groups is 2. The van der Waals surface area contributed by atoms with Gasteiger partial charge in [0.2, 0.25) is 5.78 Å². The number of carbonyl (C=O) groups excluding carboxylic acids is 2. The molecule has 0 radical (unpaired) electrons. The molecule has 7 heteroatoms. The molecular weight excluding hydrogens is 338 g/mol. The van der Waals surface area contributed by atoms with Crippen molar-refractivity contribution in [3.8, 4) is 5.75 Å². The summed E-state index contributed by atoms with van der Waals surface area (Å²) in [7, 11) is 0. The van der Waals surface area contributed by atoms with E-state index in [1.165, 1.54) is 6.07 Å². The number of Topliss-reactive ketones (excluding diaryl/α,β-unsaturated/α-hetero) is 1. The Balaban J connectivity index is 2.31. The summed E-state index contributed by atoms with van der Waals surface area (Å²) in [6.07, 6.45) is -0.413. The average molecular weight is 357 g/mol. The van der Waals surface area contributed by atoms with Gasteiger partial charge in [-0.3, -0.25) is 14.9 Å². The molecule has 0 saturated carbocycles. The number of esters is 1. The molecule has 0 aliphatic rings. The van der Waals surface area contributed by atoms with Crippen molar-refractivity contribution in [1.82, 2.24) is 0 Å². The maximum Gasteiger partial charge on any atom is 0.374 e. The molecular formula is C19H19NO6. The Labute approximate surface area is 150 Å². The maximum atomic E-state index is 12.0. The highest BCUT2D eigenvalue weighted by atomic mass is 16.6. The summed E-state index contributed by atoms with van der Waals surface area (Å²) < 4.78 is 10.3. The van der Waals surface area contributed by atoms with E-state index in [9.17, 15) is 19.7 Å². The van der Waals surface area contributed by atoms with Crippen LogP contribution in [0, 0.1) is 17.0 Å². The van der Waals surface area contributed by atoms with E-state index in [1.54, 1.807) is 19.9 Å². The summed E-state index contributed by atoms with van der Waals surface area (Å²) in [6.45, 7) is 3.43. The van der Waals surface area contributed by atoms with Crippen LogP contribution in [-0.4, -0.2) is 23.3 Å². The number of nitro benzene ring substituents is 1. The van der Waals surface area contributed by atoms with Crippen LogP contribution in [0.5, 0.6) is 5.75 Å². The van der Waals surface area contributed by atoms with Crippen LogP contribution in [0.25, 0.3) is 0 Å². The lowest BCUT2D eigenvalue weighted by atomic mass is 10.0. The lowest BCUT2D eigenvalue weighted by Gasteiger charge is -2.12. The molecule has 0 fully saturated rings. The zero-order valence-corrected chi connectivity index (χ0v) is 14.6. The molecule has 0 N–H and O–H groups in total. The second-order valence-electron chi connectivity index (χ2n) is 5.56. The predicted molar refractivity (Wildman–Crippen MR) is 94.0 cm³/mol. The molecule has 0 spiro atoms. The Kier molecular flexibility index (Phi) is 6.43. The number of hydrogen-bond donors (Lipinski definition) is 0. The van der Waals surface area contributed by atoms with Gasteiger partial charge in [0.05, 0.1) is 18.0 Å². The van der Waals surface area contributed by atoms with Crippen molar-refractivity contribution < 1.29 is 24.0 Å². The molecule has 0 aliphatic carbocycles. The van der Waals surface area contributed by atoms with Gasteiger partial charge >= 0.3 is 11.7 Å². The van der Waals surface area contributed by atoms with Crippen LogP contribution in [0.15, 0.2) is 42.5 Å². The first kappa shape index (κ1) is 19.1. The molecule has 0 atom stereocenters. The minimum Gasteiger partial charge on any atom is -0.482 e. The number of ketones is 1. The second kappa shape index (κ2) is 8.75. The van der Waals surface area contributed by atoms with E-state index < -0.39 is 23.1 Å². The fourth-order valence-electron chi connectivity index (χ4n) is 2.44. The summed E-state index contributed by atoms with van der Waals surface area (Å²) in [5.74, 6) is -1.79. The van der Waals surface area contributed by atoms with Crippen molar-refractivity contribution in [2.75, 3.05) is 6.61 Å². The van der Waals surface area contributed by atoms with E-state index in [0.717, 1.165) is 5.56 Å². The van der Waals surface area contributed by atoms with Gasteiger partial charge in [0.1, 0.15) is 6.61 Å². The SMILES string of the molecule is CCOC(=O)C(=O)Cc1c(C)ccc(OCc2ccccc2)c1[N+](=O)[O-]. The van der Waals surface area contributed by atoms with E-state index in [4.69, 9.17) is 4.74 Å². The monoisotopic (exact) mass is 357 g/mol. The molecule has 0 aromatic heterocycles. The van der Waals surface area contributed by atoms with Gasteiger partial charge in [-0.05, 0) is 31.0 Å². The number of nitrogens with zero attached hydrogens (tertiary/aromatic N) is 1. The van der Waals surface area contributed by atoms with E-state index in [1.807, 2.05) is 30.3 Å². The summed E-state index contributed by atoms with van der Waals surface area (Å²) >= 11 is 0. The van der Waals surface area contributed by atoms with Crippen LogP contribution >= 0.6 is 0 Å². The highest BCUT2D eigenvalue weighted by Gasteiger charge is 2.27. The Hall–Kier alpha value is -3.22. The number of ether oxygens (including phenoxy) is 2. The molecule has 0 aliphatic heterocycles. The van der Waals surface area contributed by atoms with Gasteiger partial charge in [0, 0.05) is 5.56 Å². The molecule has 0 unspecified atom stereocenters. The van der Waals surface area contributed by atoms with Crippen molar-refractivity contribution in [2.24, 2.45) is 0 Å². The quantitative estimate of drug-likeness (QED) is 0.312. The van der Waals surface area contributed by atoms with Gasteiger partial charge in [-0.25, -0.2) is 4.79 Å². The number of hydrogen-bond acceptors (Lipinski definition) is 6. The summed E-state index contributed by atoms with van der Waals surface area (Å²) in [6, 6.07) is 12.3. The highest BCUT2D eigenvalue weighted by Crippen LogP contribution is 2.34. The molecule has 26 heavy (non-hydrogen) atoms. The van der Waals surface area contributed by atoms with E-state index in [0.29, 0.717) is 5.56 Å². The molecule has 136 valence electrons. The Morgan fingerprint density at radius 1 is 1.12 bits per heavy atom. The van der Waals surface area contributed by atoms with Gasteiger partial charge in [-0.2, -0.15) is 0 Å². The van der Waals surface area contributed by atoms with Crippen LogP contribution in [0.3, 0.4) is 0 Å². The van der Waals surface area contributed by atoms with Crippen molar-refractivity contribution >= 4 is 17.4 Å². The third-order valence-corrected chi connectivity index (χ3v) is 3.74. The largest absolute Gasteiger partial charge is 0.482 e. The molecule has 0 heterocycles. The van der Waals surface area contributed by atoms with Gasteiger partial charge in [-0.1, -0.05) is 36.4 Å². The minimum absolute atomic E-state index is 0.0520. The second-order valence-corrected chi connectivity index (χ2v) is 5.56. The third kappa shape index (κ3) is 4.66. The van der Waals surface area contributed by atoms with Gasteiger partial charge in [0.25, 0.3) is 0 Å². The fraction of sp³-hybridized carbons (Fsp3) is 0.263. The number of rotatable bonds is 8. The third-order valence-electron chi connectivity index (χ3n) is 3.74. The minimum atomic E-state index is -1.00. The van der Waals surface area contributed by atoms with Gasteiger partial charge in [-0.15, -0.1) is 0 Å². The standard InChI is InChI=1S/C19H19NO6/c1-3-25-19(22)16(21)11-15-13(2)9-10-17(18(15)20(23)24)26-12-14-7-5-4-6-8-14/h4-10H,3,11-12H2,1-2H3. The summed E-state index contributed by atoms with van der Waals surface area (Å²) in [5, 5.41) is 11.6. The normalized spacial score (nSPS) is 10.2. The number of benzene rings is 2. The van der Waals surface area contributed by atoms with E-state index in [-0.39, 0.29) is 30.2 Å². The van der Waals surface area contributed by atoms with Crippen LogP contribution in [0.2, 0.25) is 0 Å². The van der Waals surface area contributed by atoms with E-state index >= 15 is 0 Å². The molecule has 2 aromatic rings. The molecule has 0 saturated heterocycles. The molecule has 7 nitrogen and oxygen atoms in total. The first-order valence-electron chi connectivity index (χ1n) is 8.07. The summed E-state index contributed by atoms with van der Waals surface area (Å²) in [4.78, 5) is 34.5. The zero-order chi connectivity index (χ0) is 19.1. The van der Waals surface area contributed by atoms with Gasteiger partial charge < -0.3 is 9.47 Å². The molecule has 2 aromatic carbocycles. The van der Waals surface area contributed by atoms with Crippen LogP contribution in [0.4, 0.5) is 5.69 Å². The van der Waals surface area contributed by atoms with E-state index in [2.05, 4.69) is 4.74 Å². The Morgan fingerprint density at radius 2 is 1.81 bits per heavy atom. The highest BCUT2D eigenvalue weighted by molar-refractivity contribution is 6.34. The van der Waals surface area contributed by atoms with Crippen LogP contribution in [0.1, 0.15) is 23.6 Å². The van der Waals surface area contributed by atoms with Crippen molar-refractivity contribution in [3.63, 3.8) is 0 Å². The lowest BCUT2D eigenvalue weighted by molar-refractivity contribution is -0.386. The van der Waals surface area contributed by atoms with Crippen molar-refractivity contribution in [1.29, 1.82) is 0 Å². The molecule has 0 bridgehead atoms. The van der Waals surface area contributed by atoms with Crippen LogP contribution < -0.4 is 4.74 Å². The topological polar surface area (TPSA) is 95.7 Å². The summed E-state index contributed by atoms with van der Waals surface area (Å²) in [5.41, 5.74) is 1.23. The molecule has 2 rings (SSSR count). The van der Waals surface area contributed by atoms with Gasteiger partial charge in [0.15, 0.2) is 5.75 Å². The Bertz CT molecular complexity index is 816. The Morgan fingerprint density at radius 3 is 2.42 bits per heavy atom. The predicted octanol–water partition coefficient (Wildman–Crippen LogP) is 3.16. The number of aryl methyl sites for hydroxylation is 1. The zero-order valence-electron chi connectivity index (χ0n) is 14.6. The van der Waals surface area contributed by atoms with Crippen LogP contribution in [-0.2, 0) is 27.4 Å². The van der Waals surface area contributed by atoms with Crippen molar-refractivity contribution in [2.45, 2.75) is 26.9 Å². The smallest absolute Gasteiger partial charge is 0.374 e.